The Morgan fingerprint density at radius 2 is 1.96 bits per heavy atom. The van der Waals surface area contributed by atoms with Crippen molar-refractivity contribution in [2.24, 2.45) is 5.92 Å². The van der Waals surface area contributed by atoms with E-state index in [4.69, 9.17) is 5.11 Å². The standard InChI is InChI=1S/C17H28N2O5/c1-4-18-11-15(22)19-9-5-8-17(19,3)14(21)10-13(12(2)20)6-7-16(23)24/h13,18H,4-11H2,1-3H3,(H,23,24)/t13-,17+/m1/s1. The SMILES string of the molecule is CCNCC(=O)N1CCC[C@@]1(C)C(=O)C[C@@H](CCC(=O)O)C(C)=O. The number of aliphatic carboxylic acids is 1. The Balaban J connectivity index is 2.79. The van der Waals surface area contributed by atoms with Gasteiger partial charge in [-0.3, -0.25) is 19.2 Å². The van der Waals surface area contributed by atoms with Gasteiger partial charge in [-0.2, -0.15) is 0 Å². The third-order valence-corrected chi connectivity index (χ3v) is 4.78. The number of rotatable bonds is 10. The minimum atomic E-state index is -0.983. The van der Waals surface area contributed by atoms with E-state index in [1.807, 2.05) is 6.92 Å². The van der Waals surface area contributed by atoms with Crippen LogP contribution in [0.2, 0.25) is 0 Å². The fourth-order valence-corrected chi connectivity index (χ4v) is 3.17. The van der Waals surface area contributed by atoms with Gasteiger partial charge in [0.15, 0.2) is 5.78 Å². The first-order valence-electron chi connectivity index (χ1n) is 8.49. The Labute approximate surface area is 142 Å². The van der Waals surface area contributed by atoms with Gasteiger partial charge in [0.1, 0.15) is 5.78 Å². The fraction of sp³-hybridized carbons (Fsp3) is 0.765. The summed E-state index contributed by atoms with van der Waals surface area (Å²) in [6.45, 7) is 6.43. The molecule has 0 aromatic carbocycles. The van der Waals surface area contributed by atoms with Crippen molar-refractivity contribution >= 4 is 23.4 Å². The zero-order valence-corrected chi connectivity index (χ0v) is 14.8. The van der Waals surface area contributed by atoms with Crippen LogP contribution in [-0.4, -0.2) is 58.6 Å². The normalized spacial score (nSPS) is 21.5. The average molecular weight is 340 g/mol. The minimum absolute atomic E-state index is 0.00982. The molecule has 2 atom stereocenters. The number of hydrogen-bond acceptors (Lipinski definition) is 5. The molecule has 2 N–H and O–H groups in total. The van der Waals surface area contributed by atoms with Crippen LogP contribution in [0.5, 0.6) is 0 Å². The molecule has 0 unspecified atom stereocenters. The zero-order valence-electron chi connectivity index (χ0n) is 14.8. The zero-order chi connectivity index (χ0) is 18.3. The Hall–Kier alpha value is -1.76. The van der Waals surface area contributed by atoms with Gasteiger partial charge in [0.25, 0.3) is 0 Å². The van der Waals surface area contributed by atoms with Crippen molar-refractivity contribution in [1.29, 1.82) is 0 Å². The van der Waals surface area contributed by atoms with Crippen molar-refractivity contribution in [3.63, 3.8) is 0 Å². The van der Waals surface area contributed by atoms with Gasteiger partial charge >= 0.3 is 5.97 Å². The fourth-order valence-electron chi connectivity index (χ4n) is 3.17. The highest BCUT2D eigenvalue weighted by Crippen LogP contribution is 2.32. The summed E-state index contributed by atoms with van der Waals surface area (Å²) in [4.78, 5) is 49.2. The monoisotopic (exact) mass is 340 g/mol. The van der Waals surface area contributed by atoms with Crippen LogP contribution >= 0.6 is 0 Å². The van der Waals surface area contributed by atoms with E-state index in [9.17, 15) is 19.2 Å². The predicted molar refractivity (Wildman–Crippen MR) is 88.6 cm³/mol. The van der Waals surface area contributed by atoms with Crippen molar-refractivity contribution in [2.45, 2.75) is 58.4 Å². The van der Waals surface area contributed by atoms with E-state index in [0.29, 0.717) is 19.5 Å². The molecular formula is C17H28N2O5. The molecule has 0 aromatic rings. The van der Waals surface area contributed by atoms with Crippen molar-refractivity contribution in [2.75, 3.05) is 19.6 Å². The summed E-state index contributed by atoms with van der Waals surface area (Å²) >= 11 is 0. The van der Waals surface area contributed by atoms with E-state index in [1.165, 1.54) is 6.92 Å². The molecule has 0 spiro atoms. The van der Waals surface area contributed by atoms with Crippen molar-refractivity contribution in [1.82, 2.24) is 10.2 Å². The molecule has 0 radical (unpaired) electrons. The second kappa shape index (κ2) is 8.92. The summed E-state index contributed by atoms with van der Waals surface area (Å²) in [5.74, 6) is -2.04. The van der Waals surface area contributed by atoms with E-state index in [2.05, 4.69) is 5.32 Å². The van der Waals surface area contributed by atoms with E-state index < -0.39 is 17.4 Å². The molecule has 1 rings (SSSR count). The molecule has 7 nitrogen and oxygen atoms in total. The highest BCUT2D eigenvalue weighted by atomic mass is 16.4. The first-order chi connectivity index (χ1) is 11.2. The Morgan fingerprint density at radius 3 is 2.50 bits per heavy atom. The quantitative estimate of drug-likeness (QED) is 0.615. The lowest BCUT2D eigenvalue weighted by Gasteiger charge is -2.35. The Morgan fingerprint density at radius 1 is 1.29 bits per heavy atom. The van der Waals surface area contributed by atoms with Gasteiger partial charge in [0, 0.05) is 25.3 Å². The maximum absolute atomic E-state index is 12.8. The van der Waals surface area contributed by atoms with Crippen LogP contribution in [-0.2, 0) is 19.2 Å². The molecule has 7 heteroatoms. The lowest BCUT2D eigenvalue weighted by Crippen LogP contribution is -2.53. The number of nitrogens with one attached hydrogen (secondary N) is 1. The van der Waals surface area contributed by atoms with Gasteiger partial charge in [-0.1, -0.05) is 6.92 Å². The van der Waals surface area contributed by atoms with Gasteiger partial charge in [0.2, 0.25) is 5.91 Å². The molecule has 1 saturated heterocycles. The average Bonchev–Trinajstić information content (AvgIpc) is 2.91. The summed E-state index contributed by atoms with van der Waals surface area (Å²) < 4.78 is 0. The molecule has 24 heavy (non-hydrogen) atoms. The molecule has 1 heterocycles. The first kappa shape index (κ1) is 20.3. The van der Waals surface area contributed by atoms with Crippen molar-refractivity contribution < 1.29 is 24.3 Å². The van der Waals surface area contributed by atoms with Crippen LogP contribution in [0.3, 0.4) is 0 Å². The summed E-state index contributed by atoms with van der Waals surface area (Å²) in [6, 6.07) is 0. The number of carbonyl (C=O) groups is 4. The van der Waals surface area contributed by atoms with Gasteiger partial charge in [-0.05, 0) is 39.7 Å². The second-order valence-electron chi connectivity index (χ2n) is 6.57. The van der Waals surface area contributed by atoms with Crippen LogP contribution in [0.4, 0.5) is 0 Å². The highest BCUT2D eigenvalue weighted by Gasteiger charge is 2.45. The summed E-state index contributed by atoms with van der Waals surface area (Å²) in [5.41, 5.74) is -0.899. The van der Waals surface area contributed by atoms with Crippen molar-refractivity contribution in [3.05, 3.63) is 0 Å². The molecule has 0 aliphatic carbocycles. The van der Waals surface area contributed by atoms with Crippen LogP contribution in [0.1, 0.15) is 52.9 Å². The number of hydrogen-bond donors (Lipinski definition) is 2. The van der Waals surface area contributed by atoms with Crippen molar-refractivity contribution in [3.8, 4) is 0 Å². The molecule has 1 aliphatic heterocycles. The smallest absolute Gasteiger partial charge is 0.303 e. The van der Waals surface area contributed by atoms with Gasteiger partial charge in [0.05, 0.1) is 12.1 Å². The minimum Gasteiger partial charge on any atom is -0.481 e. The van der Waals surface area contributed by atoms with Crippen LogP contribution in [0, 0.1) is 5.92 Å². The number of likely N-dealkylation sites (N-methyl/N-ethyl adjacent to an activating group) is 1. The number of nitrogens with zero attached hydrogens (tertiary/aromatic N) is 1. The molecule has 1 amide bonds. The highest BCUT2D eigenvalue weighted by molar-refractivity contribution is 5.96. The molecule has 0 bridgehead atoms. The van der Waals surface area contributed by atoms with E-state index in [-0.39, 0.29) is 43.3 Å². The number of carbonyl (C=O) groups excluding carboxylic acids is 3. The number of ketones is 2. The third kappa shape index (κ3) is 5.12. The summed E-state index contributed by atoms with van der Waals surface area (Å²) in [7, 11) is 0. The van der Waals surface area contributed by atoms with E-state index >= 15 is 0 Å². The Bertz CT molecular complexity index is 505. The number of likely N-dealkylation sites (tertiary alicyclic amines) is 1. The van der Waals surface area contributed by atoms with Gasteiger partial charge < -0.3 is 15.3 Å². The lowest BCUT2D eigenvalue weighted by molar-refractivity contribution is -0.143. The molecule has 0 aromatic heterocycles. The number of carboxylic acid groups (broad SMARTS) is 1. The third-order valence-electron chi connectivity index (χ3n) is 4.78. The van der Waals surface area contributed by atoms with Gasteiger partial charge in [-0.25, -0.2) is 0 Å². The Kier molecular flexibility index (Phi) is 7.54. The first-order valence-corrected chi connectivity index (χ1v) is 8.49. The van der Waals surface area contributed by atoms with Crippen LogP contribution in [0.15, 0.2) is 0 Å². The van der Waals surface area contributed by atoms with Crippen LogP contribution in [0.25, 0.3) is 0 Å². The summed E-state index contributed by atoms with van der Waals surface area (Å²) in [6.07, 6.45) is 1.33. The van der Waals surface area contributed by atoms with E-state index in [1.54, 1.807) is 11.8 Å². The molecular weight excluding hydrogens is 312 g/mol. The second-order valence-corrected chi connectivity index (χ2v) is 6.57. The molecule has 1 aliphatic rings. The summed E-state index contributed by atoms with van der Waals surface area (Å²) in [5, 5.41) is 11.8. The maximum atomic E-state index is 12.8. The molecule has 136 valence electrons. The number of amides is 1. The largest absolute Gasteiger partial charge is 0.481 e. The molecule has 0 saturated carbocycles. The van der Waals surface area contributed by atoms with Crippen LogP contribution < -0.4 is 5.32 Å². The number of carboxylic acids is 1. The number of Topliss-reactive ketones (excluding diaryl/α,β-unsaturated/α-hetero) is 2. The lowest BCUT2D eigenvalue weighted by atomic mass is 9.84. The van der Waals surface area contributed by atoms with Gasteiger partial charge in [-0.15, -0.1) is 0 Å². The topological polar surface area (TPSA) is 104 Å². The predicted octanol–water partition coefficient (Wildman–Crippen LogP) is 1.01. The van der Waals surface area contributed by atoms with E-state index in [0.717, 1.165) is 6.42 Å². The molecule has 1 fully saturated rings. The maximum Gasteiger partial charge on any atom is 0.303 e.